The van der Waals surface area contributed by atoms with E-state index in [0.717, 1.165) is 19.3 Å². The van der Waals surface area contributed by atoms with E-state index in [-0.39, 0.29) is 70.6 Å². The maximum atomic E-state index is 13.0. The summed E-state index contributed by atoms with van der Waals surface area (Å²) in [4.78, 5) is 27.6. The molecule has 0 radical (unpaired) electrons. The van der Waals surface area contributed by atoms with Gasteiger partial charge in [-0.05, 0) is 102 Å². The van der Waals surface area contributed by atoms with E-state index in [0.29, 0.717) is 19.8 Å². The largest absolute Gasteiger partial charge is 0.464 e. The van der Waals surface area contributed by atoms with Crippen molar-refractivity contribution in [1.29, 1.82) is 0 Å². The van der Waals surface area contributed by atoms with Gasteiger partial charge in [0.25, 0.3) is 0 Å². The van der Waals surface area contributed by atoms with Gasteiger partial charge in [0.05, 0.1) is 39.5 Å². The van der Waals surface area contributed by atoms with Crippen molar-refractivity contribution < 1.29 is 28.9 Å². The second-order valence-corrected chi connectivity index (χ2v) is 17.2. The van der Waals surface area contributed by atoms with Crippen molar-refractivity contribution in [2.75, 3.05) is 39.5 Å². The number of hydrogen-bond acceptors (Lipinski definition) is 10. The number of nitrogens with zero attached hydrogens (tertiary/aromatic N) is 1. The summed E-state index contributed by atoms with van der Waals surface area (Å²) in [5.74, 6) is -0.337. The predicted molar refractivity (Wildman–Crippen MR) is 169 cm³/mol. The van der Waals surface area contributed by atoms with E-state index in [1.54, 1.807) is 4.90 Å². The van der Waals surface area contributed by atoms with Crippen LogP contribution in [0.3, 0.4) is 0 Å². The van der Waals surface area contributed by atoms with Crippen LogP contribution in [-0.4, -0.2) is 101 Å². The summed E-state index contributed by atoms with van der Waals surface area (Å²) in [6, 6.07) is 0. The van der Waals surface area contributed by atoms with Gasteiger partial charge in [-0.2, -0.15) is 0 Å². The maximum absolute atomic E-state index is 13.0. The molecule has 0 bridgehead atoms. The smallest absolute Gasteiger partial charge is 0.320 e. The van der Waals surface area contributed by atoms with Crippen molar-refractivity contribution in [3.63, 3.8) is 0 Å². The second kappa shape index (κ2) is 12.8. The zero-order chi connectivity index (χ0) is 32.6. The van der Waals surface area contributed by atoms with Crippen LogP contribution in [0.15, 0.2) is 0 Å². The number of rotatable bonds is 13. The molecule has 43 heavy (non-hydrogen) atoms. The van der Waals surface area contributed by atoms with Crippen LogP contribution in [0.4, 0.5) is 0 Å². The van der Waals surface area contributed by atoms with Crippen molar-refractivity contribution in [1.82, 2.24) is 20.9 Å². The quantitative estimate of drug-likeness (QED) is 0.183. The van der Waals surface area contributed by atoms with Gasteiger partial charge in [0.2, 0.25) is 0 Å². The second-order valence-electron chi connectivity index (χ2n) is 17.2. The molecule has 10 nitrogen and oxygen atoms in total. The van der Waals surface area contributed by atoms with Crippen molar-refractivity contribution in [2.24, 2.45) is 17.8 Å². The molecule has 0 aromatic carbocycles. The molecule has 4 N–H and O–H groups in total. The molecule has 3 saturated heterocycles. The Morgan fingerprint density at radius 3 is 1.28 bits per heavy atom. The molecular weight excluding hydrogens is 548 g/mol. The summed E-state index contributed by atoms with van der Waals surface area (Å²) in [7, 11) is 0. The molecule has 0 aromatic heterocycles. The SMILES string of the molecule is CC1(C)CC(COC(=O)CN(CC(=O)OCC2CC(C)(C)NC2(C)C)CC(O)OCC2CC(C)(C)NC2(C)C)C(C)(C)N1. The molecule has 0 saturated carbocycles. The molecule has 3 rings (SSSR count). The third kappa shape index (κ3) is 10.4. The minimum absolute atomic E-state index is 0.0127. The molecule has 0 aliphatic carbocycles. The van der Waals surface area contributed by atoms with E-state index in [9.17, 15) is 14.7 Å². The third-order valence-corrected chi connectivity index (χ3v) is 9.81. The molecule has 4 atom stereocenters. The number of ether oxygens (including phenoxy) is 3. The van der Waals surface area contributed by atoms with Crippen molar-refractivity contribution in [3.8, 4) is 0 Å². The lowest BCUT2D eigenvalue weighted by Crippen LogP contribution is -2.47. The number of carbonyl (C=O) groups excluding carboxylic acids is 2. The number of carbonyl (C=O) groups is 2. The highest BCUT2D eigenvalue weighted by molar-refractivity contribution is 5.75. The van der Waals surface area contributed by atoms with Gasteiger partial charge in [0.15, 0.2) is 6.29 Å². The van der Waals surface area contributed by atoms with Crippen LogP contribution >= 0.6 is 0 Å². The molecule has 4 unspecified atom stereocenters. The summed E-state index contributed by atoms with van der Waals surface area (Å²) >= 11 is 0. The molecular formula is C33H62N4O6. The average molecular weight is 611 g/mol. The Kier molecular flexibility index (Phi) is 10.8. The molecule has 3 aliphatic rings. The Balaban J connectivity index is 1.58. The monoisotopic (exact) mass is 610 g/mol. The molecule has 10 heteroatoms. The number of aliphatic hydroxyl groups excluding tert-OH is 1. The summed E-state index contributed by atoms with van der Waals surface area (Å²) < 4.78 is 17.3. The van der Waals surface area contributed by atoms with Crippen LogP contribution in [0.1, 0.15) is 102 Å². The summed E-state index contributed by atoms with van der Waals surface area (Å²) in [6.07, 6.45) is 1.53. The van der Waals surface area contributed by atoms with E-state index in [4.69, 9.17) is 14.2 Å². The summed E-state index contributed by atoms with van der Waals surface area (Å²) in [5, 5.41) is 21.7. The van der Waals surface area contributed by atoms with E-state index >= 15 is 0 Å². The fourth-order valence-electron chi connectivity index (χ4n) is 8.02. The Bertz CT molecular complexity index is 938. The average Bonchev–Trinajstić information content (AvgIpc) is 3.25. The lowest BCUT2D eigenvalue weighted by atomic mass is 9.88. The van der Waals surface area contributed by atoms with Gasteiger partial charge in [-0.1, -0.05) is 0 Å². The first-order chi connectivity index (χ1) is 19.4. The van der Waals surface area contributed by atoms with Crippen LogP contribution in [0.5, 0.6) is 0 Å². The van der Waals surface area contributed by atoms with Gasteiger partial charge in [-0.25, -0.2) is 0 Å². The van der Waals surface area contributed by atoms with Crippen LogP contribution < -0.4 is 16.0 Å². The lowest BCUT2D eigenvalue weighted by Gasteiger charge is -2.30. The van der Waals surface area contributed by atoms with E-state index < -0.39 is 18.2 Å². The van der Waals surface area contributed by atoms with E-state index in [2.05, 4.69) is 99.0 Å². The Labute approximate surface area is 260 Å². The maximum Gasteiger partial charge on any atom is 0.320 e. The zero-order valence-electron chi connectivity index (χ0n) is 29.1. The topological polar surface area (TPSA) is 121 Å². The van der Waals surface area contributed by atoms with Crippen molar-refractivity contribution in [3.05, 3.63) is 0 Å². The Morgan fingerprint density at radius 1 is 0.651 bits per heavy atom. The van der Waals surface area contributed by atoms with Gasteiger partial charge in [-0.3, -0.25) is 14.5 Å². The standard InChI is InChI=1S/C33H62N4O6/c1-28(2)13-22(31(7,8)34-28)19-41-25(38)16-37(17-26(39)42-20-23-14-29(3,4)35-32(23,9)10)18-27(40)43-21-24-15-30(5,6)36-33(24,11)12/h22-25,34-36,38H,13-21H2,1-12H3. The molecule has 250 valence electrons. The van der Waals surface area contributed by atoms with Crippen LogP contribution in [0, 0.1) is 17.8 Å². The fourth-order valence-corrected chi connectivity index (χ4v) is 8.02. The highest BCUT2D eigenvalue weighted by Crippen LogP contribution is 2.38. The minimum Gasteiger partial charge on any atom is -0.464 e. The number of hydrogen-bond donors (Lipinski definition) is 4. The first-order valence-electron chi connectivity index (χ1n) is 16.1. The Morgan fingerprint density at radius 2 is 0.977 bits per heavy atom. The normalized spacial score (nSPS) is 30.3. The van der Waals surface area contributed by atoms with Gasteiger partial charge in [0.1, 0.15) is 0 Å². The molecule has 3 heterocycles. The van der Waals surface area contributed by atoms with Crippen LogP contribution in [-0.2, 0) is 23.8 Å². The first kappa shape index (κ1) is 36.2. The third-order valence-electron chi connectivity index (χ3n) is 9.81. The highest BCUT2D eigenvalue weighted by Gasteiger charge is 2.46. The molecule has 0 aromatic rings. The molecule has 3 fully saturated rings. The van der Waals surface area contributed by atoms with E-state index in [1.165, 1.54) is 0 Å². The number of nitrogens with one attached hydrogen (secondary N) is 3. The zero-order valence-corrected chi connectivity index (χ0v) is 29.1. The Hall–Kier alpha value is -1.30. The lowest BCUT2D eigenvalue weighted by molar-refractivity contribution is -0.156. The number of aliphatic hydroxyl groups is 1. The van der Waals surface area contributed by atoms with Gasteiger partial charge >= 0.3 is 11.9 Å². The predicted octanol–water partition coefficient (Wildman–Crippen LogP) is 3.21. The van der Waals surface area contributed by atoms with Crippen LogP contribution in [0.25, 0.3) is 0 Å². The van der Waals surface area contributed by atoms with Crippen molar-refractivity contribution in [2.45, 2.75) is 142 Å². The fraction of sp³-hybridized carbons (Fsp3) is 0.939. The van der Waals surface area contributed by atoms with Gasteiger partial charge in [0, 0.05) is 51.0 Å². The van der Waals surface area contributed by atoms with Gasteiger partial charge in [-0.15, -0.1) is 0 Å². The highest BCUT2D eigenvalue weighted by atomic mass is 16.6. The summed E-state index contributed by atoms with van der Waals surface area (Å²) in [5.41, 5.74) is -0.535. The molecule has 0 amide bonds. The molecule has 0 spiro atoms. The summed E-state index contributed by atoms with van der Waals surface area (Å²) in [6.45, 7) is 26.4. The first-order valence-corrected chi connectivity index (χ1v) is 16.1. The minimum atomic E-state index is -1.17. The van der Waals surface area contributed by atoms with Gasteiger partial charge < -0.3 is 35.3 Å². The van der Waals surface area contributed by atoms with E-state index in [1.807, 2.05) is 0 Å². The van der Waals surface area contributed by atoms with Crippen molar-refractivity contribution >= 4 is 11.9 Å². The van der Waals surface area contributed by atoms with Crippen LogP contribution in [0.2, 0.25) is 0 Å². The molecule has 3 aliphatic heterocycles. The number of esters is 2.